The maximum Gasteiger partial charge on any atom is 0.325 e. The molecule has 0 bridgehead atoms. The number of anilines is 2. The molecule has 2 N–H and O–H groups in total. The van der Waals surface area contributed by atoms with Gasteiger partial charge in [0.2, 0.25) is 0 Å². The molecule has 6 heteroatoms. The van der Waals surface area contributed by atoms with Crippen molar-refractivity contribution in [1.29, 1.82) is 0 Å². The van der Waals surface area contributed by atoms with Crippen LogP contribution in [0.25, 0.3) is 10.8 Å². The predicted octanol–water partition coefficient (Wildman–Crippen LogP) is 4.78. The molecule has 130 valence electrons. The summed E-state index contributed by atoms with van der Waals surface area (Å²) in [5, 5.41) is 10.5. The molecule has 0 spiro atoms. The molecule has 1 heterocycles. The molecule has 2 amide bonds. The highest BCUT2D eigenvalue weighted by Gasteiger charge is 2.10. The molecule has 0 fully saturated rings. The maximum atomic E-state index is 12.2. The Kier molecular flexibility index (Phi) is 5.31. The van der Waals surface area contributed by atoms with Gasteiger partial charge in [-0.2, -0.15) is 0 Å². The summed E-state index contributed by atoms with van der Waals surface area (Å²) in [5.74, 6) is 0. The van der Waals surface area contributed by atoms with Gasteiger partial charge in [0, 0.05) is 23.7 Å². The fourth-order valence-electron chi connectivity index (χ4n) is 2.40. The summed E-state index contributed by atoms with van der Waals surface area (Å²) in [7, 11) is 2.06. The van der Waals surface area contributed by atoms with Crippen LogP contribution in [0.1, 0.15) is 19.5 Å². The molecular weight excluding hydrogens is 332 g/mol. The average Bonchev–Trinajstić information content (AvgIpc) is 3.01. The lowest BCUT2D eigenvalue weighted by Gasteiger charge is -2.19. The van der Waals surface area contributed by atoms with E-state index in [1.165, 1.54) is 11.3 Å². The van der Waals surface area contributed by atoms with Crippen molar-refractivity contribution >= 4 is 39.0 Å². The summed E-state index contributed by atoms with van der Waals surface area (Å²) < 4.78 is 0. The van der Waals surface area contributed by atoms with Gasteiger partial charge in [0.25, 0.3) is 0 Å². The van der Waals surface area contributed by atoms with E-state index in [0.29, 0.717) is 11.2 Å². The summed E-state index contributed by atoms with van der Waals surface area (Å²) in [4.78, 5) is 18.9. The first-order valence-corrected chi connectivity index (χ1v) is 9.10. The van der Waals surface area contributed by atoms with E-state index in [4.69, 9.17) is 0 Å². The Morgan fingerprint density at radius 3 is 2.68 bits per heavy atom. The van der Waals surface area contributed by atoms with Crippen LogP contribution in [0.2, 0.25) is 0 Å². The Balaban J connectivity index is 1.61. The third kappa shape index (κ3) is 4.55. The molecule has 0 aliphatic rings. The zero-order valence-corrected chi connectivity index (χ0v) is 15.4. The minimum absolute atomic E-state index is 0.284. The summed E-state index contributed by atoms with van der Waals surface area (Å²) >= 11 is 1.43. The number of nitrogens with zero attached hydrogens (tertiary/aromatic N) is 2. The van der Waals surface area contributed by atoms with Gasteiger partial charge in [-0.1, -0.05) is 30.3 Å². The smallest absolute Gasteiger partial charge is 0.308 e. The van der Waals surface area contributed by atoms with Crippen molar-refractivity contribution < 1.29 is 4.79 Å². The Morgan fingerprint density at radius 1 is 1.16 bits per heavy atom. The minimum atomic E-state index is -0.284. The lowest BCUT2D eigenvalue weighted by molar-refractivity contribution is 0.261. The van der Waals surface area contributed by atoms with Crippen LogP contribution in [0.3, 0.4) is 0 Å². The molecule has 0 aliphatic heterocycles. The van der Waals surface area contributed by atoms with Crippen molar-refractivity contribution in [2.45, 2.75) is 26.4 Å². The molecule has 5 nitrogen and oxygen atoms in total. The van der Waals surface area contributed by atoms with Crippen molar-refractivity contribution in [3.63, 3.8) is 0 Å². The van der Waals surface area contributed by atoms with Gasteiger partial charge in [0.05, 0.1) is 5.69 Å². The second-order valence-corrected chi connectivity index (χ2v) is 7.15. The zero-order chi connectivity index (χ0) is 17.8. The maximum absolute atomic E-state index is 12.2. The van der Waals surface area contributed by atoms with Crippen LogP contribution in [-0.2, 0) is 6.54 Å². The van der Waals surface area contributed by atoms with Crippen LogP contribution in [-0.4, -0.2) is 29.0 Å². The van der Waals surface area contributed by atoms with Gasteiger partial charge in [-0.15, -0.1) is 11.3 Å². The summed E-state index contributed by atoms with van der Waals surface area (Å²) in [6, 6.07) is 14.1. The quantitative estimate of drug-likeness (QED) is 0.693. The molecule has 0 atom stereocenters. The van der Waals surface area contributed by atoms with Crippen molar-refractivity contribution in [2.75, 3.05) is 17.7 Å². The molecule has 0 radical (unpaired) electrons. The first-order chi connectivity index (χ1) is 12.0. The highest BCUT2D eigenvalue weighted by molar-refractivity contribution is 7.13. The third-order valence-electron chi connectivity index (χ3n) is 4.07. The number of carbonyl (C=O) groups excluding carboxylic acids is 1. The van der Waals surface area contributed by atoms with Crippen LogP contribution < -0.4 is 10.6 Å². The van der Waals surface area contributed by atoms with Crippen molar-refractivity contribution in [2.24, 2.45) is 0 Å². The second-order valence-electron chi connectivity index (χ2n) is 6.29. The first-order valence-electron chi connectivity index (χ1n) is 8.23. The van der Waals surface area contributed by atoms with Gasteiger partial charge in [-0.05, 0) is 43.8 Å². The van der Waals surface area contributed by atoms with Crippen molar-refractivity contribution in [3.8, 4) is 0 Å². The molecule has 2 aromatic carbocycles. The number of benzene rings is 2. The van der Waals surface area contributed by atoms with Gasteiger partial charge in [0.1, 0.15) is 0 Å². The average molecular weight is 354 g/mol. The summed E-state index contributed by atoms with van der Waals surface area (Å²) in [6.07, 6.45) is 0. The molecule has 1 aromatic heterocycles. The Morgan fingerprint density at radius 2 is 1.92 bits per heavy atom. The fraction of sp³-hybridized carbons (Fsp3) is 0.263. The minimum Gasteiger partial charge on any atom is -0.308 e. The highest BCUT2D eigenvalue weighted by atomic mass is 32.1. The first kappa shape index (κ1) is 17.4. The third-order valence-corrected chi connectivity index (χ3v) is 4.88. The lowest BCUT2D eigenvalue weighted by atomic mass is 10.1. The van der Waals surface area contributed by atoms with E-state index in [2.05, 4.69) is 41.4 Å². The number of thiazole rings is 1. The highest BCUT2D eigenvalue weighted by Crippen LogP contribution is 2.20. The van der Waals surface area contributed by atoms with Crippen molar-refractivity contribution in [1.82, 2.24) is 9.88 Å². The van der Waals surface area contributed by atoms with Gasteiger partial charge < -0.3 is 5.32 Å². The van der Waals surface area contributed by atoms with E-state index >= 15 is 0 Å². The van der Waals surface area contributed by atoms with Crippen LogP contribution >= 0.6 is 11.3 Å². The van der Waals surface area contributed by atoms with Gasteiger partial charge in [-0.25, -0.2) is 9.78 Å². The predicted molar refractivity (Wildman–Crippen MR) is 105 cm³/mol. The lowest BCUT2D eigenvalue weighted by Crippen LogP contribution is -2.25. The normalized spacial score (nSPS) is 11.2. The topological polar surface area (TPSA) is 57.3 Å². The Labute approximate surface area is 151 Å². The van der Waals surface area contributed by atoms with E-state index in [0.717, 1.165) is 28.7 Å². The number of hydrogen-bond acceptors (Lipinski definition) is 4. The van der Waals surface area contributed by atoms with E-state index in [9.17, 15) is 4.79 Å². The summed E-state index contributed by atoms with van der Waals surface area (Å²) in [5.41, 5.74) is 1.72. The van der Waals surface area contributed by atoms with E-state index in [1.807, 2.05) is 47.8 Å². The molecule has 3 aromatic rings. The van der Waals surface area contributed by atoms with Gasteiger partial charge >= 0.3 is 6.03 Å². The van der Waals surface area contributed by atoms with Crippen LogP contribution in [0.4, 0.5) is 15.6 Å². The number of amides is 2. The zero-order valence-electron chi connectivity index (χ0n) is 14.6. The van der Waals surface area contributed by atoms with Crippen LogP contribution in [0.15, 0.2) is 47.8 Å². The van der Waals surface area contributed by atoms with Crippen LogP contribution in [0.5, 0.6) is 0 Å². The number of rotatable bonds is 5. The molecule has 3 rings (SSSR count). The fourth-order valence-corrected chi connectivity index (χ4v) is 3.10. The van der Waals surface area contributed by atoms with Crippen molar-refractivity contribution in [3.05, 3.63) is 53.5 Å². The number of hydrogen-bond donors (Lipinski definition) is 2. The van der Waals surface area contributed by atoms with Crippen LogP contribution in [0, 0.1) is 0 Å². The van der Waals surface area contributed by atoms with Gasteiger partial charge in [-0.3, -0.25) is 10.2 Å². The Hall–Kier alpha value is -2.44. The monoisotopic (exact) mass is 354 g/mol. The number of aromatic nitrogens is 1. The molecule has 0 aliphatic carbocycles. The largest absolute Gasteiger partial charge is 0.325 e. The van der Waals surface area contributed by atoms with Gasteiger partial charge in [0.15, 0.2) is 5.13 Å². The van der Waals surface area contributed by atoms with E-state index in [-0.39, 0.29) is 6.03 Å². The van der Waals surface area contributed by atoms with E-state index < -0.39 is 0 Å². The summed E-state index contributed by atoms with van der Waals surface area (Å²) in [6.45, 7) is 5.05. The number of carbonyl (C=O) groups is 1. The second kappa shape index (κ2) is 7.63. The molecular formula is C19H22N4OS. The van der Waals surface area contributed by atoms with E-state index in [1.54, 1.807) is 0 Å². The molecule has 0 saturated heterocycles. The molecule has 0 saturated carbocycles. The number of fused-ring (bicyclic) bond motifs is 1. The SMILES string of the molecule is CC(C)N(C)Cc1csc(NC(=O)Nc2ccc3ccccc3c2)n1. The molecule has 25 heavy (non-hydrogen) atoms. The standard InChI is InChI=1S/C19H22N4OS/c1-13(2)23(3)11-17-12-25-19(21-17)22-18(24)20-16-9-8-14-6-4-5-7-15(14)10-16/h4-10,12-13H,11H2,1-3H3,(H2,20,21,22,24). The molecule has 0 unspecified atom stereocenters. The number of nitrogens with one attached hydrogen (secondary N) is 2. The number of urea groups is 1. The Bertz CT molecular complexity index is 874.